The first-order valence-corrected chi connectivity index (χ1v) is 10.4. The molecule has 0 radical (unpaired) electrons. The fraction of sp³-hybridized carbons (Fsp3) is 0.391. The van der Waals surface area contributed by atoms with Crippen LogP contribution in [-0.2, 0) is 16.1 Å². The highest BCUT2D eigenvalue weighted by Crippen LogP contribution is 2.38. The van der Waals surface area contributed by atoms with Crippen LogP contribution in [0.1, 0.15) is 37.7 Å². The molecule has 1 aromatic heterocycles. The number of pyridine rings is 1. The number of ether oxygens (including phenoxy) is 1. The Morgan fingerprint density at radius 2 is 1.93 bits per heavy atom. The highest BCUT2D eigenvalue weighted by molar-refractivity contribution is 6.35. The van der Waals surface area contributed by atoms with E-state index in [9.17, 15) is 9.59 Å². The van der Waals surface area contributed by atoms with E-state index < -0.39 is 0 Å². The van der Waals surface area contributed by atoms with Crippen molar-refractivity contribution < 1.29 is 9.53 Å². The molecule has 152 valence electrons. The van der Waals surface area contributed by atoms with Crippen molar-refractivity contribution in [1.82, 2.24) is 4.57 Å². The standard InChI is InChI=1S/C23H25ClN2O3/c1-4-29-20(27)13-26-19-12-15(14-6-5-7-14)8-9-16(19)23(28)17-10-11-18(24)22(21(17)26)25(2)3/h8-12,14H,4-7,13H2,1-3H3. The molecule has 0 N–H and O–H groups in total. The second kappa shape index (κ2) is 7.71. The number of rotatable bonds is 5. The maximum absolute atomic E-state index is 13.3. The highest BCUT2D eigenvalue weighted by Gasteiger charge is 2.23. The van der Waals surface area contributed by atoms with Gasteiger partial charge in [-0.15, -0.1) is 0 Å². The van der Waals surface area contributed by atoms with Crippen LogP contribution in [0.2, 0.25) is 5.02 Å². The van der Waals surface area contributed by atoms with Crippen molar-refractivity contribution in [2.75, 3.05) is 25.6 Å². The van der Waals surface area contributed by atoms with Crippen molar-refractivity contribution in [2.24, 2.45) is 0 Å². The molecule has 1 fully saturated rings. The van der Waals surface area contributed by atoms with Crippen molar-refractivity contribution in [2.45, 2.75) is 38.6 Å². The Hall–Kier alpha value is -2.53. The van der Waals surface area contributed by atoms with Gasteiger partial charge >= 0.3 is 5.97 Å². The summed E-state index contributed by atoms with van der Waals surface area (Å²) in [5.74, 6) is 0.186. The van der Waals surface area contributed by atoms with Gasteiger partial charge in [0.1, 0.15) is 6.54 Å². The number of carbonyl (C=O) groups excluding carboxylic acids is 1. The van der Waals surface area contributed by atoms with Gasteiger partial charge in [0.05, 0.1) is 28.4 Å². The zero-order chi connectivity index (χ0) is 20.7. The molecular formula is C23H25ClN2O3. The largest absolute Gasteiger partial charge is 0.465 e. The van der Waals surface area contributed by atoms with Gasteiger partial charge in [0.25, 0.3) is 0 Å². The number of halogens is 1. The molecule has 0 aliphatic heterocycles. The molecule has 4 rings (SSSR count). The number of fused-ring (bicyclic) bond motifs is 2. The van der Waals surface area contributed by atoms with Gasteiger partial charge in [-0.2, -0.15) is 0 Å². The maximum atomic E-state index is 13.3. The van der Waals surface area contributed by atoms with Crippen molar-refractivity contribution in [3.05, 3.63) is 51.1 Å². The van der Waals surface area contributed by atoms with E-state index in [2.05, 4.69) is 12.1 Å². The average Bonchev–Trinajstić information content (AvgIpc) is 2.63. The normalized spacial score (nSPS) is 14.2. The number of nitrogens with zero attached hydrogens (tertiary/aromatic N) is 2. The summed E-state index contributed by atoms with van der Waals surface area (Å²) in [6.45, 7) is 2.12. The first-order chi connectivity index (χ1) is 13.9. The summed E-state index contributed by atoms with van der Waals surface area (Å²) in [5.41, 5.74) is 3.31. The summed E-state index contributed by atoms with van der Waals surface area (Å²) in [5, 5.41) is 1.69. The number of benzene rings is 2. The van der Waals surface area contributed by atoms with Gasteiger partial charge in [-0.05, 0) is 55.5 Å². The molecule has 3 aromatic rings. The van der Waals surface area contributed by atoms with Gasteiger partial charge in [-0.3, -0.25) is 9.59 Å². The Labute approximate surface area is 174 Å². The van der Waals surface area contributed by atoms with Gasteiger partial charge in [0.15, 0.2) is 5.43 Å². The van der Waals surface area contributed by atoms with Crippen molar-refractivity contribution in [3.63, 3.8) is 0 Å². The van der Waals surface area contributed by atoms with Crippen LogP contribution in [0.4, 0.5) is 5.69 Å². The topological polar surface area (TPSA) is 51.5 Å². The number of carbonyl (C=O) groups is 1. The van der Waals surface area contributed by atoms with Crippen LogP contribution in [0.25, 0.3) is 21.8 Å². The predicted octanol–water partition coefficient (Wildman–Crippen LogP) is 4.70. The van der Waals surface area contributed by atoms with E-state index in [1.165, 1.54) is 12.0 Å². The van der Waals surface area contributed by atoms with Gasteiger partial charge in [-0.1, -0.05) is 24.1 Å². The van der Waals surface area contributed by atoms with Crippen LogP contribution in [0.15, 0.2) is 35.1 Å². The Balaban J connectivity index is 2.10. The molecule has 0 spiro atoms. The number of aromatic nitrogens is 1. The van der Waals surface area contributed by atoms with Crippen LogP contribution < -0.4 is 10.3 Å². The molecule has 1 heterocycles. The summed E-state index contributed by atoms with van der Waals surface area (Å²) in [4.78, 5) is 27.7. The van der Waals surface area contributed by atoms with Gasteiger partial charge < -0.3 is 14.2 Å². The van der Waals surface area contributed by atoms with Crippen LogP contribution in [0, 0.1) is 0 Å². The zero-order valence-corrected chi connectivity index (χ0v) is 17.8. The second-order valence-corrected chi connectivity index (χ2v) is 8.22. The summed E-state index contributed by atoms with van der Waals surface area (Å²) >= 11 is 6.51. The summed E-state index contributed by atoms with van der Waals surface area (Å²) in [7, 11) is 3.77. The van der Waals surface area contributed by atoms with Crippen LogP contribution in [0.3, 0.4) is 0 Å². The molecule has 0 amide bonds. The SMILES string of the molecule is CCOC(=O)Cn1c2cc(C3CCC3)ccc2c(=O)c2ccc(Cl)c(N(C)C)c21. The Kier molecular flexibility index (Phi) is 5.26. The minimum absolute atomic E-state index is 0.0242. The van der Waals surface area contributed by atoms with Gasteiger partial charge in [-0.25, -0.2) is 0 Å². The molecule has 6 heteroatoms. The van der Waals surface area contributed by atoms with Gasteiger partial charge in [0, 0.05) is 24.9 Å². The van der Waals surface area contributed by atoms with E-state index in [1.54, 1.807) is 19.1 Å². The number of esters is 1. The third-order valence-electron chi connectivity index (χ3n) is 5.79. The Bertz CT molecular complexity index is 1160. The molecule has 0 unspecified atom stereocenters. The molecular weight excluding hydrogens is 388 g/mol. The maximum Gasteiger partial charge on any atom is 0.325 e. The highest BCUT2D eigenvalue weighted by atomic mass is 35.5. The lowest BCUT2D eigenvalue weighted by molar-refractivity contribution is -0.143. The summed E-state index contributed by atoms with van der Waals surface area (Å²) < 4.78 is 7.13. The first kappa shape index (κ1) is 19.8. The summed E-state index contributed by atoms with van der Waals surface area (Å²) in [6, 6.07) is 9.50. The second-order valence-electron chi connectivity index (χ2n) is 7.81. The predicted molar refractivity (Wildman–Crippen MR) is 118 cm³/mol. The van der Waals surface area contributed by atoms with E-state index in [0.717, 1.165) is 24.0 Å². The van der Waals surface area contributed by atoms with Crippen molar-refractivity contribution in [3.8, 4) is 0 Å². The Morgan fingerprint density at radius 1 is 1.21 bits per heavy atom. The van der Waals surface area contributed by atoms with E-state index in [1.807, 2.05) is 29.6 Å². The third-order valence-corrected chi connectivity index (χ3v) is 6.10. The fourth-order valence-corrected chi connectivity index (χ4v) is 4.48. The van der Waals surface area contributed by atoms with Crippen LogP contribution in [0.5, 0.6) is 0 Å². The smallest absolute Gasteiger partial charge is 0.325 e. The number of hydrogen-bond acceptors (Lipinski definition) is 4. The molecule has 29 heavy (non-hydrogen) atoms. The quantitative estimate of drug-likeness (QED) is 0.450. The minimum atomic E-state index is -0.336. The zero-order valence-electron chi connectivity index (χ0n) is 17.0. The van der Waals surface area contributed by atoms with Gasteiger partial charge in [0.2, 0.25) is 0 Å². The van der Waals surface area contributed by atoms with E-state index in [4.69, 9.17) is 16.3 Å². The molecule has 1 aliphatic rings. The van der Waals surface area contributed by atoms with E-state index in [-0.39, 0.29) is 17.9 Å². The van der Waals surface area contributed by atoms with Crippen LogP contribution >= 0.6 is 11.6 Å². The van der Waals surface area contributed by atoms with E-state index in [0.29, 0.717) is 33.8 Å². The first-order valence-electron chi connectivity index (χ1n) is 10.0. The lowest BCUT2D eigenvalue weighted by Crippen LogP contribution is -2.21. The molecule has 5 nitrogen and oxygen atoms in total. The Morgan fingerprint density at radius 3 is 2.55 bits per heavy atom. The lowest BCUT2D eigenvalue weighted by Gasteiger charge is -2.27. The molecule has 2 aromatic carbocycles. The molecule has 1 aliphatic carbocycles. The summed E-state index contributed by atoms with van der Waals surface area (Å²) in [6.07, 6.45) is 3.56. The molecule has 0 bridgehead atoms. The fourth-order valence-electron chi connectivity index (χ4n) is 4.16. The van der Waals surface area contributed by atoms with Crippen LogP contribution in [-0.4, -0.2) is 31.2 Å². The minimum Gasteiger partial charge on any atom is -0.465 e. The number of hydrogen-bond donors (Lipinski definition) is 0. The van der Waals surface area contributed by atoms with Crippen molar-refractivity contribution >= 4 is 45.1 Å². The monoisotopic (exact) mass is 412 g/mol. The third kappa shape index (κ3) is 3.38. The van der Waals surface area contributed by atoms with E-state index >= 15 is 0 Å². The number of anilines is 1. The average molecular weight is 413 g/mol. The molecule has 0 atom stereocenters. The molecule has 1 saturated carbocycles. The lowest BCUT2D eigenvalue weighted by atomic mass is 9.80. The van der Waals surface area contributed by atoms with Crippen molar-refractivity contribution in [1.29, 1.82) is 0 Å². The molecule has 0 saturated heterocycles.